The van der Waals surface area contributed by atoms with Gasteiger partial charge < -0.3 is 24.5 Å². The molecule has 0 bridgehead atoms. The molecule has 0 radical (unpaired) electrons. The highest BCUT2D eigenvalue weighted by molar-refractivity contribution is 6.47. The monoisotopic (exact) mass is 474 g/mol. The number of hydrogen-bond donors (Lipinski definition) is 2. The molecule has 1 unspecified atom stereocenters. The van der Waals surface area contributed by atoms with Crippen molar-refractivity contribution >= 4 is 51.6 Å². The fraction of sp³-hybridized carbons (Fsp3) is 0.217. The number of Topliss-reactive ketones (excluding diaryl/α,β-unsaturated/α-hetero) is 1. The first-order chi connectivity index (χ1) is 15.4. The Bertz CT molecular complexity index is 1250. The molecule has 1 atom stereocenters. The number of halogens is 2. The Hall–Kier alpha value is -3.00. The summed E-state index contributed by atoms with van der Waals surface area (Å²) in [6.45, 7) is 0.383. The van der Waals surface area contributed by atoms with Crippen molar-refractivity contribution in [2.45, 2.75) is 6.04 Å². The minimum Gasteiger partial charge on any atom is -0.507 e. The number of benzene rings is 2. The maximum absolute atomic E-state index is 13.1. The average Bonchev–Trinajstić information content (AvgIpc) is 3.30. The van der Waals surface area contributed by atoms with Crippen molar-refractivity contribution in [3.8, 4) is 5.75 Å². The lowest BCUT2D eigenvalue weighted by atomic mass is 9.94. The summed E-state index contributed by atoms with van der Waals surface area (Å²) < 4.78 is 10.5. The fourth-order valence-corrected chi connectivity index (χ4v) is 4.60. The molecule has 1 saturated heterocycles. The summed E-state index contributed by atoms with van der Waals surface area (Å²) in [6, 6.07) is 9.57. The highest BCUT2D eigenvalue weighted by Gasteiger charge is 2.47. The van der Waals surface area contributed by atoms with Gasteiger partial charge in [-0.2, -0.15) is 0 Å². The van der Waals surface area contributed by atoms with Crippen LogP contribution in [0.1, 0.15) is 17.2 Å². The molecule has 1 amide bonds. The molecule has 2 N–H and O–H groups in total. The molecule has 4 rings (SSSR count). The van der Waals surface area contributed by atoms with Crippen molar-refractivity contribution < 1.29 is 24.2 Å². The topological polar surface area (TPSA) is 91.9 Å². The Morgan fingerprint density at radius 2 is 1.94 bits per heavy atom. The molecular weight excluding hydrogens is 455 g/mol. The minimum absolute atomic E-state index is 0.0764. The first kappa shape index (κ1) is 22.2. The molecule has 32 heavy (non-hydrogen) atoms. The highest BCUT2D eigenvalue weighted by Crippen LogP contribution is 2.44. The number of nitrogens with zero attached hydrogens (tertiary/aromatic N) is 1. The van der Waals surface area contributed by atoms with Crippen LogP contribution in [-0.2, 0) is 14.3 Å². The molecule has 3 aromatic rings. The molecule has 2 heterocycles. The molecule has 1 aliphatic rings. The highest BCUT2D eigenvalue weighted by atomic mass is 35.5. The van der Waals surface area contributed by atoms with Crippen LogP contribution in [0.2, 0.25) is 10.0 Å². The number of fused-ring (bicyclic) bond motifs is 1. The Morgan fingerprint density at radius 3 is 2.66 bits per heavy atom. The van der Waals surface area contributed by atoms with E-state index < -0.39 is 23.5 Å². The number of carbonyl (C=O) groups excluding carboxylic acids is 2. The van der Waals surface area contributed by atoms with Gasteiger partial charge >= 0.3 is 0 Å². The molecule has 1 aliphatic heterocycles. The number of aromatic amines is 1. The second kappa shape index (κ2) is 8.86. The van der Waals surface area contributed by atoms with Crippen LogP contribution in [0, 0.1) is 0 Å². The lowest BCUT2D eigenvalue weighted by Crippen LogP contribution is -2.32. The molecule has 0 spiro atoms. The van der Waals surface area contributed by atoms with Crippen LogP contribution in [0.5, 0.6) is 5.75 Å². The van der Waals surface area contributed by atoms with Crippen LogP contribution in [-0.4, -0.2) is 54.1 Å². The minimum atomic E-state index is -0.844. The maximum Gasteiger partial charge on any atom is 0.295 e. The van der Waals surface area contributed by atoms with E-state index in [0.29, 0.717) is 5.56 Å². The van der Waals surface area contributed by atoms with Gasteiger partial charge in [-0.15, -0.1) is 0 Å². The zero-order valence-electron chi connectivity index (χ0n) is 17.3. The van der Waals surface area contributed by atoms with Gasteiger partial charge in [-0.3, -0.25) is 9.59 Å². The summed E-state index contributed by atoms with van der Waals surface area (Å²) in [7, 11) is 2.90. The van der Waals surface area contributed by atoms with Crippen molar-refractivity contribution in [3.63, 3.8) is 0 Å². The zero-order chi connectivity index (χ0) is 23.0. The summed E-state index contributed by atoms with van der Waals surface area (Å²) in [6.07, 6.45) is 1.73. The predicted molar refractivity (Wildman–Crippen MR) is 122 cm³/mol. The number of nitrogens with one attached hydrogen (secondary N) is 1. The lowest BCUT2D eigenvalue weighted by molar-refractivity contribution is -0.140. The van der Waals surface area contributed by atoms with E-state index in [2.05, 4.69) is 4.98 Å². The van der Waals surface area contributed by atoms with Crippen LogP contribution >= 0.6 is 23.2 Å². The van der Waals surface area contributed by atoms with Gasteiger partial charge in [-0.05, 0) is 18.2 Å². The van der Waals surface area contributed by atoms with Gasteiger partial charge in [-0.25, -0.2) is 0 Å². The van der Waals surface area contributed by atoms with E-state index in [0.717, 1.165) is 10.9 Å². The molecule has 166 valence electrons. The van der Waals surface area contributed by atoms with Gasteiger partial charge in [0.25, 0.3) is 11.7 Å². The van der Waals surface area contributed by atoms with Crippen molar-refractivity contribution in [1.82, 2.24) is 9.88 Å². The summed E-state index contributed by atoms with van der Waals surface area (Å²) in [5, 5.41) is 12.5. The summed E-state index contributed by atoms with van der Waals surface area (Å²) in [5.41, 5.74) is 1.56. The third kappa shape index (κ3) is 3.62. The molecule has 9 heteroatoms. The van der Waals surface area contributed by atoms with Crippen LogP contribution in [0.25, 0.3) is 16.7 Å². The standard InChI is InChI=1S/C23H20Cl2N2O5/c1-31-8-7-27-19(15-11-26-17-6-4-3-5-13(15)17)18(21(29)23(27)30)20(28)14-9-12(24)10-16(25)22(14)32-2/h3-6,9-11,19,26,28H,7-8H2,1-2H3/b20-18+. The predicted octanol–water partition coefficient (Wildman–Crippen LogP) is 4.55. The summed E-state index contributed by atoms with van der Waals surface area (Å²) in [5.74, 6) is -1.81. The SMILES string of the molecule is COCCN1C(=O)C(=O)/C(=C(/O)c2cc(Cl)cc(Cl)c2OC)C1c1c[nH]c2ccccc12. The van der Waals surface area contributed by atoms with Gasteiger partial charge in [0.2, 0.25) is 0 Å². The number of carbonyl (C=O) groups is 2. The number of hydrogen-bond acceptors (Lipinski definition) is 5. The number of methoxy groups -OCH3 is 2. The van der Waals surface area contributed by atoms with Gasteiger partial charge in [-0.1, -0.05) is 41.4 Å². The van der Waals surface area contributed by atoms with Gasteiger partial charge in [0.1, 0.15) is 11.5 Å². The number of rotatable bonds is 6. The summed E-state index contributed by atoms with van der Waals surface area (Å²) in [4.78, 5) is 30.7. The number of amides is 1. The van der Waals surface area contributed by atoms with Gasteiger partial charge in [0, 0.05) is 41.3 Å². The fourth-order valence-electron chi connectivity index (χ4n) is 4.03. The number of ether oxygens (including phenoxy) is 2. The Balaban J connectivity index is 1.98. The van der Waals surface area contributed by atoms with Crippen molar-refractivity contribution in [2.75, 3.05) is 27.4 Å². The zero-order valence-corrected chi connectivity index (χ0v) is 18.8. The van der Waals surface area contributed by atoms with Gasteiger partial charge in [0.15, 0.2) is 0 Å². The number of ketones is 1. The quantitative estimate of drug-likeness (QED) is 0.310. The van der Waals surface area contributed by atoms with Crippen molar-refractivity contribution in [1.29, 1.82) is 0 Å². The molecule has 1 aromatic heterocycles. The van der Waals surface area contributed by atoms with Crippen LogP contribution in [0.3, 0.4) is 0 Å². The molecular formula is C23H20Cl2N2O5. The molecule has 0 saturated carbocycles. The van der Waals surface area contributed by atoms with E-state index >= 15 is 0 Å². The van der Waals surface area contributed by atoms with Crippen LogP contribution in [0.15, 0.2) is 48.2 Å². The Kier molecular flexibility index (Phi) is 6.15. The van der Waals surface area contributed by atoms with Crippen molar-refractivity contribution in [3.05, 3.63) is 69.3 Å². The second-order valence-electron chi connectivity index (χ2n) is 7.24. The number of aliphatic hydroxyl groups excluding tert-OH is 1. The molecule has 7 nitrogen and oxygen atoms in total. The van der Waals surface area contributed by atoms with E-state index in [1.165, 1.54) is 31.3 Å². The second-order valence-corrected chi connectivity index (χ2v) is 8.09. The van der Waals surface area contributed by atoms with Crippen molar-refractivity contribution in [2.24, 2.45) is 0 Å². The van der Waals surface area contributed by atoms with Crippen LogP contribution < -0.4 is 4.74 Å². The number of para-hydroxylation sites is 1. The van der Waals surface area contributed by atoms with E-state index in [1.807, 2.05) is 24.3 Å². The Labute approximate surface area is 194 Å². The third-order valence-electron chi connectivity index (χ3n) is 5.46. The van der Waals surface area contributed by atoms with E-state index in [9.17, 15) is 14.7 Å². The number of H-pyrrole nitrogens is 1. The van der Waals surface area contributed by atoms with Crippen LogP contribution in [0.4, 0.5) is 0 Å². The normalized spacial score (nSPS) is 18.0. The third-order valence-corrected chi connectivity index (χ3v) is 5.96. The molecule has 1 fully saturated rings. The lowest BCUT2D eigenvalue weighted by Gasteiger charge is -2.24. The molecule has 2 aromatic carbocycles. The largest absolute Gasteiger partial charge is 0.507 e. The van der Waals surface area contributed by atoms with Gasteiger partial charge in [0.05, 0.1) is 35.9 Å². The number of likely N-dealkylation sites (tertiary alicyclic amines) is 1. The molecule has 0 aliphatic carbocycles. The Morgan fingerprint density at radius 1 is 1.19 bits per heavy atom. The average molecular weight is 475 g/mol. The van der Waals surface area contributed by atoms with E-state index in [4.69, 9.17) is 32.7 Å². The number of aliphatic hydroxyl groups is 1. The first-order valence-corrected chi connectivity index (χ1v) is 10.5. The maximum atomic E-state index is 13.1. The summed E-state index contributed by atoms with van der Waals surface area (Å²) >= 11 is 12.4. The van der Waals surface area contributed by atoms with E-state index in [1.54, 1.807) is 6.20 Å². The first-order valence-electron chi connectivity index (χ1n) is 9.75. The number of aromatic nitrogens is 1. The smallest absolute Gasteiger partial charge is 0.295 e. The van der Waals surface area contributed by atoms with E-state index in [-0.39, 0.29) is 40.1 Å².